The Morgan fingerprint density at radius 3 is 2.90 bits per heavy atom. The van der Waals surface area contributed by atoms with Crippen molar-refractivity contribution in [3.8, 4) is 0 Å². The Labute approximate surface area is 123 Å². The lowest BCUT2D eigenvalue weighted by Gasteiger charge is -2.33. The maximum atomic E-state index is 12.7. The molecule has 4 heteroatoms. The van der Waals surface area contributed by atoms with Crippen LogP contribution in [0.2, 0.25) is 0 Å². The second-order valence-corrected chi connectivity index (χ2v) is 5.47. The largest absolute Gasteiger partial charge is 0.388 e. The molecule has 2 N–H and O–H groups in total. The fraction of sp³-hybridized carbons (Fsp3) is 0.235. The fourth-order valence-electron chi connectivity index (χ4n) is 3.55. The van der Waals surface area contributed by atoms with Gasteiger partial charge in [0, 0.05) is 37.0 Å². The van der Waals surface area contributed by atoms with Crippen molar-refractivity contribution >= 4 is 11.6 Å². The van der Waals surface area contributed by atoms with E-state index in [-0.39, 0.29) is 5.91 Å². The zero-order valence-corrected chi connectivity index (χ0v) is 11.9. The van der Waals surface area contributed by atoms with Crippen molar-refractivity contribution in [2.45, 2.75) is 5.66 Å². The molecule has 0 aromatic heterocycles. The number of nitrogens with one attached hydrogen (secondary N) is 2. The Morgan fingerprint density at radius 1 is 1.19 bits per heavy atom. The smallest absolute Gasteiger partial charge is 0.256 e. The molecule has 1 saturated heterocycles. The molecule has 1 amide bonds. The van der Waals surface area contributed by atoms with Gasteiger partial charge in [0.15, 0.2) is 0 Å². The van der Waals surface area contributed by atoms with E-state index >= 15 is 0 Å². The summed E-state index contributed by atoms with van der Waals surface area (Å²) < 4.78 is 0. The highest BCUT2D eigenvalue weighted by molar-refractivity contribution is 6.01. The van der Waals surface area contributed by atoms with Crippen LogP contribution in [-0.4, -0.2) is 30.9 Å². The zero-order chi connectivity index (χ0) is 14.4. The van der Waals surface area contributed by atoms with E-state index in [1.54, 1.807) is 0 Å². The van der Waals surface area contributed by atoms with Gasteiger partial charge in [0.2, 0.25) is 0 Å². The van der Waals surface area contributed by atoms with Crippen molar-refractivity contribution in [3.05, 3.63) is 65.2 Å². The molecule has 0 saturated carbocycles. The number of carbonyl (C=O) groups excluding carboxylic acids is 1. The zero-order valence-electron chi connectivity index (χ0n) is 11.9. The van der Waals surface area contributed by atoms with Gasteiger partial charge < -0.3 is 10.2 Å². The third-order valence-corrected chi connectivity index (χ3v) is 4.48. The van der Waals surface area contributed by atoms with Crippen LogP contribution in [0.15, 0.2) is 48.5 Å². The van der Waals surface area contributed by atoms with E-state index in [1.165, 1.54) is 0 Å². The van der Waals surface area contributed by atoms with E-state index in [0.717, 1.165) is 35.5 Å². The molecule has 0 radical (unpaired) electrons. The molecule has 1 fully saturated rings. The van der Waals surface area contributed by atoms with Crippen molar-refractivity contribution in [2.75, 3.05) is 25.5 Å². The van der Waals surface area contributed by atoms with Crippen molar-refractivity contribution in [1.29, 1.82) is 0 Å². The summed E-state index contributed by atoms with van der Waals surface area (Å²) in [7, 11) is 1.91. The second kappa shape index (κ2) is 4.33. The molecule has 21 heavy (non-hydrogen) atoms. The average Bonchev–Trinajstić information content (AvgIpc) is 3.08. The van der Waals surface area contributed by atoms with Crippen molar-refractivity contribution < 1.29 is 4.79 Å². The van der Waals surface area contributed by atoms with E-state index in [1.807, 2.05) is 42.3 Å². The van der Waals surface area contributed by atoms with Crippen LogP contribution < -0.4 is 10.6 Å². The van der Waals surface area contributed by atoms with Crippen LogP contribution in [-0.2, 0) is 5.66 Å². The molecule has 0 bridgehead atoms. The maximum absolute atomic E-state index is 12.7. The number of benzene rings is 2. The van der Waals surface area contributed by atoms with Crippen LogP contribution in [0.1, 0.15) is 21.5 Å². The summed E-state index contributed by atoms with van der Waals surface area (Å²) >= 11 is 0. The summed E-state index contributed by atoms with van der Waals surface area (Å²) in [5.74, 6) is 0.116. The molecule has 2 aromatic rings. The van der Waals surface area contributed by atoms with Crippen LogP contribution in [0, 0.1) is 0 Å². The second-order valence-electron chi connectivity index (χ2n) is 5.47. The topological polar surface area (TPSA) is 44.4 Å². The highest BCUT2D eigenvalue weighted by Crippen LogP contribution is 2.44. The third kappa shape index (κ3) is 1.51. The first kappa shape index (κ1) is 12.4. The van der Waals surface area contributed by atoms with Crippen LogP contribution in [0.25, 0.3) is 0 Å². The van der Waals surface area contributed by atoms with Gasteiger partial charge in [0.05, 0.1) is 0 Å². The van der Waals surface area contributed by atoms with E-state index < -0.39 is 5.66 Å². The molecule has 2 aliphatic heterocycles. The molecule has 4 nitrogen and oxygen atoms in total. The molecular weight excluding hydrogens is 262 g/mol. The van der Waals surface area contributed by atoms with Crippen LogP contribution >= 0.6 is 0 Å². The summed E-state index contributed by atoms with van der Waals surface area (Å²) in [4.78, 5) is 14.6. The number of hydrogen-bond acceptors (Lipinski definition) is 3. The minimum Gasteiger partial charge on any atom is -0.388 e. The first-order valence-corrected chi connectivity index (χ1v) is 7.22. The molecule has 1 atom stereocenters. The predicted octanol–water partition coefficient (Wildman–Crippen LogP) is 1.99. The fourth-order valence-corrected chi connectivity index (χ4v) is 3.55. The number of anilines is 1. The summed E-state index contributed by atoms with van der Waals surface area (Å²) in [5, 5.41) is 6.73. The summed E-state index contributed by atoms with van der Waals surface area (Å²) in [6.45, 7) is 1.54. The molecular formula is C17H17N3O. The van der Waals surface area contributed by atoms with Gasteiger partial charge in [0.25, 0.3) is 5.91 Å². The summed E-state index contributed by atoms with van der Waals surface area (Å²) in [6.07, 6.45) is 0. The lowest BCUT2D eigenvalue weighted by Crippen LogP contribution is -2.46. The van der Waals surface area contributed by atoms with Crippen molar-refractivity contribution in [2.24, 2.45) is 0 Å². The van der Waals surface area contributed by atoms with Crippen LogP contribution in [0.3, 0.4) is 0 Å². The monoisotopic (exact) mass is 279 g/mol. The Bertz CT molecular complexity index is 727. The molecule has 0 aliphatic carbocycles. The van der Waals surface area contributed by atoms with E-state index in [0.29, 0.717) is 0 Å². The normalized spacial score (nSPS) is 23.1. The van der Waals surface area contributed by atoms with Gasteiger partial charge in [-0.05, 0) is 23.8 Å². The molecule has 2 heterocycles. The quantitative estimate of drug-likeness (QED) is 0.883. The highest BCUT2D eigenvalue weighted by Gasteiger charge is 2.53. The minimum atomic E-state index is -0.513. The van der Waals surface area contributed by atoms with Crippen molar-refractivity contribution in [1.82, 2.24) is 10.2 Å². The molecule has 1 unspecified atom stereocenters. The maximum Gasteiger partial charge on any atom is 0.256 e. The first-order chi connectivity index (χ1) is 10.3. The number of rotatable bonds is 2. The number of nitrogens with zero attached hydrogens (tertiary/aromatic N) is 1. The number of carbonyl (C=O) groups is 1. The lowest BCUT2D eigenvalue weighted by atomic mass is 9.91. The van der Waals surface area contributed by atoms with Gasteiger partial charge in [-0.15, -0.1) is 0 Å². The summed E-state index contributed by atoms with van der Waals surface area (Å²) in [5.41, 5.74) is 3.50. The van der Waals surface area contributed by atoms with Gasteiger partial charge in [-0.3, -0.25) is 10.1 Å². The number of amides is 1. The highest BCUT2D eigenvalue weighted by atomic mass is 16.2. The number of hydrogen-bond donors (Lipinski definition) is 2. The minimum absolute atomic E-state index is 0.116. The first-order valence-electron chi connectivity index (χ1n) is 7.22. The van der Waals surface area contributed by atoms with E-state index in [9.17, 15) is 4.79 Å². The average molecular weight is 279 g/mol. The van der Waals surface area contributed by atoms with Gasteiger partial charge in [-0.25, -0.2) is 0 Å². The van der Waals surface area contributed by atoms with Gasteiger partial charge in [-0.2, -0.15) is 0 Å². The molecule has 2 aliphatic rings. The summed E-state index contributed by atoms with van der Waals surface area (Å²) in [6, 6.07) is 16.2. The third-order valence-electron chi connectivity index (χ3n) is 4.48. The van der Waals surface area contributed by atoms with Crippen LogP contribution in [0.4, 0.5) is 5.69 Å². The standard InChI is InChI=1S/C17H17N3O/c1-18-13-6-4-5-12(11-13)17-15-8-3-2-7-14(15)16(21)20(17)10-9-19-17/h2-8,11,18-19H,9-10H2,1H3. The van der Waals surface area contributed by atoms with Gasteiger partial charge >= 0.3 is 0 Å². The predicted molar refractivity (Wildman–Crippen MR) is 82.2 cm³/mol. The van der Waals surface area contributed by atoms with Gasteiger partial charge in [0.1, 0.15) is 5.66 Å². The molecule has 0 spiro atoms. The molecule has 106 valence electrons. The Kier molecular flexibility index (Phi) is 2.56. The Balaban J connectivity index is 1.97. The lowest BCUT2D eigenvalue weighted by molar-refractivity contribution is 0.0694. The molecule has 2 aromatic carbocycles. The SMILES string of the molecule is CNc1cccc(C23NCCN2C(=O)c2ccccc23)c1. The molecule has 4 rings (SSSR count). The van der Waals surface area contributed by atoms with Gasteiger partial charge in [-0.1, -0.05) is 30.3 Å². The van der Waals surface area contributed by atoms with Crippen LogP contribution in [0.5, 0.6) is 0 Å². The van der Waals surface area contributed by atoms with E-state index in [2.05, 4.69) is 28.8 Å². The number of fused-ring (bicyclic) bond motifs is 3. The Morgan fingerprint density at radius 2 is 2.05 bits per heavy atom. The Hall–Kier alpha value is -2.33. The van der Waals surface area contributed by atoms with E-state index in [4.69, 9.17) is 0 Å². The van der Waals surface area contributed by atoms with Crippen molar-refractivity contribution in [3.63, 3.8) is 0 Å².